The Morgan fingerprint density at radius 3 is 2.68 bits per heavy atom. The van der Waals surface area contributed by atoms with Gasteiger partial charge in [0, 0.05) is 45.2 Å². The zero-order valence-electron chi connectivity index (χ0n) is 13.6. The molecule has 3 rings (SSSR count). The van der Waals surface area contributed by atoms with Crippen LogP contribution >= 0.6 is 0 Å². The van der Waals surface area contributed by atoms with Gasteiger partial charge in [0.2, 0.25) is 5.91 Å². The zero-order chi connectivity index (χ0) is 15.4. The Morgan fingerprint density at radius 2 is 2.00 bits per heavy atom. The molecule has 0 aliphatic carbocycles. The Kier molecular flexibility index (Phi) is 4.86. The average Bonchev–Trinajstić information content (AvgIpc) is 3.19. The molecule has 0 aromatic heterocycles. The molecule has 1 amide bonds. The number of rotatable bonds is 2. The van der Waals surface area contributed by atoms with E-state index in [0.717, 1.165) is 71.0 Å². The van der Waals surface area contributed by atoms with Crippen molar-refractivity contribution in [3.8, 4) is 0 Å². The maximum atomic E-state index is 12.3. The number of nitrogens with one attached hydrogen (secondary N) is 1. The number of aliphatic imine (C=N–C) groups is 1. The predicted octanol–water partition coefficient (Wildman–Crippen LogP) is 0.687. The van der Waals surface area contributed by atoms with Crippen LogP contribution in [0.4, 0.5) is 0 Å². The first-order chi connectivity index (χ1) is 10.7. The summed E-state index contributed by atoms with van der Waals surface area (Å²) in [6.07, 6.45) is 5.82. The highest BCUT2D eigenvalue weighted by Crippen LogP contribution is 2.38. The second kappa shape index (κ2) is 6.86. The van der Waals surface area contributed by atoms with Crippen LogP contribution in [0.1, 0.15) is 32.1 Å². The van der Waals surface area contributed by atoms with Crippen molar-refractivity contribution in [2.24, 2.45) is 10.4 Å². The van der Waals surface area contributed by atoms with Crippen LogP contribution in [0.3, 0.4) is 0 Å². The molecule has 3 aliphatic heterocycles. The number of nitrogens with zero attached hydrogens (tertiary/aromatic N) is 3. The van der Waals surface area contributed by atoms with Crippen molar-refractivity contribution in [3.05, 3.63) is 0 Å². The van der Waals surface area contributed by atoms with E-state index in [4.69, 9.17) is 4.74 Å². The Balaban J connectivity index is 1.49. The molecule has 22 heavy (non-hydrogen) atoms. The van der Waals surface area contributed by atoms with Gasteiger partial charge in [0.05, 0.1) is 13.2 Å². The van der Waals surface area contributed by atoms with Crippen LogP contribution in [0, 0.1) is 5.41 Å². The molecule has 1 atom stereocenters. The fraction of sp³-hybridized carbons (Fsp3) is 0.875. The molecule has 3 heterocycles. The van der Waals surface area contributed by atoms with Gasteiger partial charge in [-0.05, 0) is 32.1 Å². The van der Waals surface area contributed by atoms with Gasteiger partial charge in [-0.15, -0.1) is 0 Å². The standard InChI is InChI=1S/C16H28N4O2/c1-17-15(18-11-14(21)19-7-3-2-4-8-19)20-9-5-16(12-20)6-10-22-13-16/h2-13H2,1H3,(H,17,18). The minimum absolute atomic E-state index is 0.193. The van der Waals surface area contributed by atoms with E-state index in [-0.39, 0.29) is 5.91 Å². The van der Waals surface area contributed by atoms with Gasteiger partial charge in [-0.25, -0.2) is 0 Å². The third kappa shape index (κ3) is 3.37. The maximum absolute atomic E-state index is 12.3. The number of hydrogen-bond donors (Lipinski definition) is 1. The molecule has 3 saturated heterocycles. The Labute approximate surface area is 132 Å². The second-order valence-electron chi connectivity index (χ2n) is 6.82. The van der Waals surface area contributed by atoms with Gasteiger partial charge in [-0.2, -0.15) is 0 Å². The SMILES string of the molecule is CN=C(NCC(=O)N1CCCCC1)N1CCC2(CCOC2)C1. The molecule has 6 heteroatoms. The monoisotopic (exact) mass is 308 g/mol. The summed E-state index contributed by atoms with van der Waals surface area (Å²) in [7, 11) is 1.80. The Bertz CT molecular complexity index is 426. The van der Waals surface area contributed by atoms with Crippen molar-refractivity contribution in [3.63, 3.8) is 0 Å². The number of amides is 1. The van der Waals surface area contributed by atoms with E-state index in [2.05, 4.69) is 15.2 Å². The van der Waals surface area contributed by atoms with E-state index in [9.17, 15) is 4.79 Å². The minimum atomic E-state index is 0.193. The first-order valence-electron chi connectivity index (χ1n) is 8.54. The Hall–Kier alpha value is -1.30. The third-order valence-corrected chi connectivity index (χ3v) is 5.24. The number of ether oxygens (including phenoxy) is 1. The van der Waals surface area contributed by atoms with Gasteiger partial charge in [-0.3, -0.25) is 9.79 Å². The summed E-state index contributed by atoms with van der Waals surface area (Å²) >= 11 is 0. The van der Waals surface area contributed by atoms with Crippen LogP contribution in [-0.2, 0) is 9.53 Å². The lowest BCUT2D eigenvalue weighted by Gasteiger charge is -2.28. The fourth-order valence-corrected chi connectivity index (χ4v) is 3.83. The summed E-state index contributed by atoms with van der Waals surface area (Å²) in [5.41, 5.74) is 0.314. The molecule has 1 unspecified atom stereocenters. The van der Waals surface area contributed by atoms with Gasteiger partial charge >= 0.3 is 0 Å². The van der Waals surface area contributed by atoms with E-state index in [0.29, 0.717) is 12.0 Å². The van der Waals surface area contributed by atoms with Crippen LogP contribution in [-0.4, -0.2) is 74.7 Å². The molecule has 124 valence electrons. The maximum Gasteiger partial charge on any atom is 0.241 e. The highest BCUT2D eigenvalue weighted by atomic mass is 16.5. The van der Waals surface area contributed by atoms with Gasteiger partial charge in [0.25, 0.3) is 0 Å². The van der Waals surface area contributed by atoms with Crippen molar-refractivity contribution in [1.29, 1.82) is 0 Å². The molecular formula is C16H28N4O2. The van der Waals surface area contributed by atoms with Gasteiger partial charge in [0.15, 0.2) is 5.96 Å². The lowest BCUT2D eigenvalue weighted by molar-refractivity contribution is -0.130. The van der Waals surface area contributed by atoms with Crippen molar-refractivity contribution in [1.82, 2.24) is 15.1 Å². The summed E-state index contributed by atoms with van der Waals surface area (Å²) < 4.78 is 5.57. The van der Waals surface area contributed by atoms with Crippen molar-refractivity contribution in [2.75, 3.05) is 53.0 Å². The van der Waals surface area contributed by atoms with Gasteiger partial charge in [-0.1, -0.05) is 0 Å². The van der Waals surface area contributed by atoms with Gasteiger partial charge in [0.1, 0.15) is 0 Å². The molecule has 1 spiro atoms. The summed E-state index contributed by atoms with van der Waals surface area (Å²) in [5.74, 6) is 1.05. The number of carbonyl (C=O) groups is 1. The molecule has 0 aromatic rings. The van der Waals surface area contributed by atoms with E-state index in [1.165, 1.54) is 6.42 Å². The van der Waals surface area contributed by atoms with Gasteiger partial charge < -0.3 is 19.9 Å². The highest BCUT2D eigenvalue weighted by Gasteiger charge is 2.42. The molecule has 3 fully saturated rings. The van der Waals surface area contributed by atoms with E-state index < -0.39 is 0 Å². The summed E-state index contributed by atoms with van der Waals surface area (Å²) in [6.45, 7) is 5.91. The second-order valence-corrected chi connectivity index (χ2v) is 6.82. The number of piperidine rings is 1. The topological polar surface area (TPSA) is 57.2 Å². The van der Waals surface area contributed by atoms with E-state index in [1.54, 1.807) is 7.05 Å². The largest absolute Gasteiger partial charge is 0.381 e. The van der Waals surface area contributed by atoms with Crippen LogP contribution in [0.25, 0.3) is 0 Å². The number of guanidine groups is 1. The molecule has 6 nitrogen and oxygen atoms in total. The van der Waals surface area contributed by atoms with Crippen LogP contribution in [0.15, 0.2) is 4.99 Å². The molecule has 0 aromatic carbocycles. The summed E-state index contributed by atoms with van der Waals surface area (Å²) in [4.78, 5) is 20.9. The van der Waals surface area contributed by atoms with Crippen molar-refractivity contribution >= 4 is 11.9 Å². The van der Waals surface area contributed by atoms with Crippen LogP contribution in [0.5, 0.6) is 0 Å². The van der Waals surface area contributed by atoms with E-state index >= 15 is 0 Å². The highest BCUT2D eigenvalue weighted by molar-refractivity contribution is 5.86. The fourth-order valence-electron chi connectivity index (χ4n) is 3.83. The molecule has 1 N–H and O–H groups in total. The first-order valence-corrected chi connectivity index (χ1v) is 8.54. The molecule has 0 bridgehead atoms. The predicted molar refractivity (Wildman–Crippen MR) is 85.9 cm³/mol. The minimum Gasteiger partial charge on any atom is -0.381 e. The zero-order valence-corrected chi connectivity index (χ0v) is 13.6. The normalized spacial score (nSPS) is 29.4. The number of likely N-dealkylation sites (tertiary alicyclic amines) is 2. The van der Waals surface area contributed by atoms with Crippen LogP contribution < -0.4 is 5.32 Å². The Morgan fingerprint density at radius 1 is 1.18 bits per heavy atom. The van der Waals surface area contributed by atoms with Crippen LogP contribution in [0.2, 0.25) is 0 Å². The molecular weight excluding hydrogens is 280 g/mol. The first kappa shape index (κ1) is 15.6. The number of hydrogen-bond acceptors (Lipinski definition) is 3. The summed E-state index contributed by atoms with van der Waals surface area (Å²) in [6, 6.07) is 0. The van der Waals surface area contributed by atoms with Crippen molar-refractivity contribution in [2.45, 2.75) is 32.1 Å². The number of carbonyl (C=O) groups excluding carboxylic acids is 1. The quantitative estimate of drug-likeness (QED) is 0.602. The van der Waals surface area contributed by atoms with Crippen molar-refractivity contribution < 1.29 is 9.53 Å². The smallest absolute Gasteiger partial charge is 0.241 e. The lowest BCUT2D eigenvalue weighted by atomic mass is 9.87. The summed E-state index contributed by atoms with van der Waals surface area (Å²) in [5, 5.41) is 3.26. The molecule has 3 aliphatic rings. The lowest BCUT2D eigenvalue weighted by Crippen LogP contribution is -2.47. The average molecular weight is 308 g/mol. The molecule has 0 radical (unpaired) electrons. The third-order valence-electron chi connectivity index (χ3n) is 5.24. The molecule has 0 saturated carbocycles. The van der Waals surface area contributed by atoms with E-state index in [1.807, 2.05) is 4.90 Å².